The highest BCUT2D eigenvalue weighted by molar-refractivity contribution is 5.70. The summed E-state index contributed by atoms with van der Waals surface area (Å²) in [6.45, 7) is 4.70. The van der Waals surface area contributed by atoms with Crippen molar-refractivity contribution < 1.29 is 42.9 Å². The smallest absolute Gasteiger partial charge is 0.306 e. The van der Waals surface area contributed by atoms with Gasteiger partial charge in [-0.15, -0.1) is 0 Å². The fourth-order valence-electron chi connectivity index (χ4n) is 9.94. The number of quaternary nitrogens is 1. The van der Waals surface area contributed by atoms with E-state index in [-0.39, 0.29) is 32.2 Å². The number of hydrogen-bond acceptors (Lipinski definition) is 8. The maximum absolute atomic E-state index is 12.9. The largest absolute Gasteiger partial charge is 0.545 e. The highest BCUT2D eigenvalue weighted by Gasteiger charge is 2.22. The Morgan fingerprint density at radius 3 is 1.08 bits per heavy atom. The first-order valence-electron chi connectivity index (χ1n) is 33.8. The molecule has 0 aliphatic rings. The second kappa shape index (κ2) is 61.3. The number of rotatable bonds is 63. The molecule has 0 aromatic carbocycles. The van der Waals surface area contributed by atoms with Crippen molar-refractivity contribution in [3.05, 3.63) is 48.6 Å². The molecule has 0 heterocycles. The first-order chi connectivity index (χ1) is 38.6. The summed E-state index contributed by atoms with van der Waals surface area (Å²) >= 11 is 0. The van der Waals surface area contributed by atoms with E-state index in [4.69, 9.17) is 18.9 Å². The van der Waals surface area contributed by atoms with Gasteiger partial charge in [-0.05, 0) is 51.4 Å². The number of esters is 2. The Kier molecular flexibility index (Phi) is 59.2. The van der Waals surface area contributed by atoms with Crippen LogP contribution in [0.4, 0.5) is 0 Å². The van der Waals surface area contributed by atoms with Gasteiger partial charge in [-0.3, -0.25) is 9.59 Å². The van der Waals surface area contributed by atoms with Crippen LogP contribution in [0, 0.1) is 0 Å². The van der Waals surface area contributed by atoms with Crippen molar-refractivity contribution >= 4 is 17.9 Å². The molecule has 0 saturated heterocycles. The number of carboxylic acids is 1. The fraction of sp³-hybridized carbons (Fsp3) is 0.843. The lowest BCUT2D eigenvalue weighted by Gasteiger charge is -2.26. The number of hydrogen-bond donors (Lipinski definition) is 0. The zero-order valence-corrected chi connectivity index (χ0v) is 52.8. The first kappa shape index (κ1) is 76.2. The third kappa shape index (κ3) is 62.7. The summed E-state index contributed by atoms with van der Waals surface area (Å²) in [6, 6.07) is 0. The van der Waals surface area contributed by atoms with Crippen molar-refractivity contribution in [1.82, 2.24) is 0 Å². The molecule has 0 radical (unpaired) electrons. The lowest BCUT2D eigenvalue weighted by molar-refractivity contribution is -0.870. The monoisotopic (exact) mass is 1110 g/mol. The molecule has 2 atom stereocenters. The van der Waals surface area contributed by atoms with Crippen LogP contribution in [0.15, 0.2) is 48.6 Å². The number of nitrogens with zero attached hydrogens (tertiary/aromatic N) is 1. The van der Waals surface area contributed by atoms with Gasteiger partial charge in [0.05, 0.1) is 40.3 Å². The minimum absolute atomic E-state index is 0.150. The maximum atomic E-state index is 12.9. The Bertz CT molecular complexity index is 1430. The van der Waals surface area contributed by atoms with E-state index in [1.54, 1.807) is 0 Å². The summed E-state index contributed by atoms with van der Waals surface area (Å²) in [7, 11) is 5.94. The summed E-state index contributed by atoms with van der Waals surface area (Å²) in [5.41, 5.74) is 0. The van der Waals surface area contributed by atoms with Crippen LogP contribution in [0.5, 0.6) is 0 Å². The minimum Gasteiger partial charge on any atom is -0.545 e. The third-order valence-corrected chi connectivity index (χ3v) is 15.1. The molecule has 0 saturated carbocycles. The van der Waals surface area contributed by atoms with Gasteiger partial charge in [0.15, 0.2) is 12.4 Å². The quantitative estimate of drug-likeness (QED) is 0.0195. The molecule has 0 N–H and O–H groups in total. The molecule has 79 heavy (non-hydrogen) atoms. The molecule has 0 rings (SSSR count). The van der Waals surface area contributed by atoms with E-state index in [9.17, 15) is 19.5 Å². The molecule has 2 unspecified atom stereocenters. The fourth-order valence-corrected chi connectivity index (χ4v) is 9.94. The number of carbonyl (C=O) groups is 3. The van der Waals surface area contributed by atoms with Gasteiger partial charge < -0.3 is 33.3 Å². The summed E-state index contributed by atoms with van der Waals surface area (Å²) in [5.74, 6) is -2.26. The van der Waals surface area contributed by atoms with Crippen molar-refractivity contribution in [2.45, 2.75) is 334 Å². The Balaban J connectivity index is 4.09. The van der Waals surface area contributed by atoms with E-state index in [1.165, 1.54) is 231 Å². The Morgan fingerprint density at radius 1 is 0.392 bits per heavy atom. The predicted molar refractivity (Wildman–Crippen MR) is 334 cm³/mol. The molecule has 0 amide bonds. The number of carbonyl (C=O) groups excluding carboxylic acids is 3. The number of carboxylic acid groups (broad SMARTS) is 1. The van der Waals surface area contributed by atoms with Crippen LogP contribution >= 0.6 is 0 Å². The summed E-state index contributed by atoms with van der Waals surface area (Å²) in [4.78, 5) is 37.4. The second-order valence-electron chi connectivity index (χ2n) is 24.1. The third-order valence-electron chi connectivity index (χ3n) is 15.1. The number of unbranched alkanes of at least 4 members (excludes halogenated alkanes) is 40. The molecule has 0 bridgehead atoms. The molecule has 0 aromatic rings. The van der Waals surface area contributed by atoms with Gasteiger partial charge in [-0.1, -0.05) is 306 Å². The Morgan fingerprint density at radius 2 is 0.722 bits per heavy atom. The zero-order valence-electron chi connectivity index (χ0n) is 52.8. The van der Waals surface area contributed by atoms with Crippen LogP contribution in [-0.2, 0) is 33.3 Å². The Labute approximate surface area is 489 Å². The highest BCUT2D eigenvalue weighted by atomic mass is 16.7. The molecule has 9 heteroatoms. The molecule has 0 spiro atoms. The van der Waals surface area contributed by atoms with E-state index < -0.39 is 24.3 Å². The van der Waals surface area contributed by atoms with Crippen LogP contribution in [0.1, 0.15) is 322 Å². The van der Waals surface area contributed by atoms with Crippen molar-refractivity contribution in [3.63, 3.8) is 0 Å². The number of allylic oxidation sites excluding steroid dienone is 8. The van der Waals surface area contributed by atoms with Crippen molar-refractivity contribution in [2.75, 3.05) is 47.5 Å². The molecule has 0 aromatic heterocycles. The predicted octanol–water partition coefficient (Wildman–Crippen LogP) is 19.2. The van der Waals surface area contributed by atoms with Gasteiger partial charge in [0.2, 0.25) is 0 Å². The average Bonchev–Trinajstić information content (AvgIpc) is 3.42. The van der Waals surface area contributed by atoms with E-state index in [0.29, 0.717) is 23.9 Å². The van der Waals surface area contributed by atoms with E-state index >= 15 is 0 Å². The van der Waals surface area contributed by atoms with Crippen LogP contribution < -0.4 is 5.11 Å². The van der Waals surface area contributed by atoms with Crippen LogP contribution in [0.3, 0.4) is 0 Å². The molecule has 462 valence electrons. The number of likely N-dealkylation sites (N-methyl/N-ethyl adjacent to an activating group) is 1. The van der Waals surface area contributed by atoms with Crippen LogP contribution in [-0.4, -0.2) is 82.3 Å². The number of aliphatic carboxylic acids is 1. The molecule has 0 aliphatic heterocycles. The molecular weight excluding hydrogens is 983 g/mol. The average molecular weight is 1110 g/mol. The molecule has 9 nitrogen and oxygen atoms in total. The van der Waals surface area contributed by atoms with Gasteiger partial charge in [-0.2, -0.15) is 0 Å². The van der Waals surface area contributed by atoms with Gasteiger partial charge >= 0.3 is 11.9 Å². The standard InChI is InChI=1S/C70H129NO8/c1-6-8-10-12-14-16-18-20-22-24-26-28-30-31-32-33-34-35-36-37-39-41-43-45-47-49-51-53-55-57-59-61-68(73)79-66(65-78-70(69(74)75)76-63-62-71(3,4)5)64-77-67(72)60-58-56-54-52-50-48-46-44-42-40-38-29-27-25-23-21-19-17-15-13-11-9-7-2/h8,10,14,16,20,22,26,28,66,70H,6-7,9,11-13,15,17-19,21,23-25,27,29-65H2,1-5H3/b10-8-,16-14-,22-20-,28-26-. The topological polar surface area (TPSA) is 111 Å². The maximum Gasteiger partial charge on any atom is 0.306 e. The summed E-state index contributed by atoms with van der Waals surface area (Å²) < 4.78 is 22.8. The Hall–Kier alpha value is -2.75. The van der Waals surface area contributed by atoms with Crippen molar-refractivity contribution in [1.29, 1.82) is 0 Å². The van der Waals surface area contributed by atoms with Crippen LogP contribution in [0.2, 0.25) is 0 Å². The SMILES string of the molecule is CC/C=C\C/C=C\C/C=C\C/C=C\CCCCCCCCCCCCCCCCCCCCC(=O)OC(COC(=O)CCCCCCCCCCCCCCCCCCCCCCCCC)COC(OCC[N+](C)(C)C)C(=O)[O-]. The van der Waals surface area contributed by atoms with E-state index in [0.717, 1.165) is 57.8 Å². The van der Waals surface area contributed by atoms with Gasteiger partial charge in [0, 0.05) is 12.8 Å². The minimum atomic E-state index is -1.62. The van der Waals surface area contributed by atoms with Gasteiger partial charge in [0.1, 0.15) is 13.2 Å². The number of ether oxygens (including phenoxy) is 4. The van der Waals surface area contributed by atoms with E-state index in [2.05, 4.69) is 62.5 Å². The second-order valence-corrected chi connectivity index (χ2v) is 24.1. The van der Waals surface area contributed by atoms with Gasteiger partial charge in [0.25, 0.3) is 0 Å². The van der Waals surface area contributed by atoms with Gasteiger partial charge in [-0.25, -0.2) is 0 Å². The van der Waals surface area contributed by atoms with Crippen molar-refractivity contribution in [3.8, 4) is 0 Å². The lowest BCUT2D eigenvalue weighted by Crippen LogP contribution is -2.44. The van der Waals surface area contributed by atoms with Crippen molar-refractivity contribution in [2.24, 2.45) is 0 Å². The summed E-state index contributed by atoms with van der Waals surface area (Å²) in [6.07, 6.45) is 74.7. The zero-order chi connectivity index (χ0) is 57.6. The lowest BCUT2D eigenvalue weighted by atomic mass is 10.0. The first-order valence-corrected chi connectivity index (χ1v) is 33.8. The van der Waals surface area contributed by atoms with Crippen LogP contribution in [0.25, 0.3) is 0 Å². The normalized spacial score (nSPS) is 13.0. The highest BCUT2D eigenvalue weighted by Crippen LogP contribution is 2.18. The summed E-state index contributed by atoms with van der Waals surface area (Å²) in [5, 5.41) is 11.8. The molecule has 0 aliphatic carbocycles. The van der Waals surface area contributed by atoms with E-state index in [1.807, 2.05) is 21.1 Å². The molecular formula is C70H129NO8. The molecule has 0 fully saturated rings.